The molecular weight excluding hydrogens is 957 g/mol. The summed E-state index contributed by atoms with van der Waals surface area (Å²) >= 11 is 0. The molecule has 5 heteroatoms. The first-order valence-electron chi connectivity index (χ1n) is 32.3. The highest BCUT2D eigenvalue weighted by Crippen LogP contribution is 2.84. The average Bonchev–Trinajstić information content (AvgIpc) is 3.62. The Morgan fingerprint density at radius 3 is 0.818 bits per heavy atom. The molecular formula is C72H130O4Si. The maximum Gasteiger partial charge on any atom is 0.678 e. The van der Waals surface area contributed by atoms with E-state index in [-0.39, 0.29) is 0 Å². The van der Waals surface area contributed by atoms with Gasteiger partial charge >= 0.3 is 9.05 Å². The zero-order chi connectivity index (χ0) is 58.3. The second-order valence-corrected chi connectivity index (χ2v) is 38.2. The first kappa shape index (κ1) is 65.4. The van der Waals surface area contributed by atoms with Gasteiger partial charge in [0.05, 0.1) is 0 Å². The molecule has 14 bridgehead atoms. The van der Waals surface area contributed by atoms with E-state index in [2.05, 4.69) is 178 Å². The molecule has 14 aliphatic rings. The molecule has 14 fully saturated rings. The van der Waals surface area contributed by atoms with Crippen molar-refractivity contribution < 1.29 is 17.7 Å². The maximum absolute atomic E-state index is 4.86. The second kappa shape index (κ2) is 22.7. The predicted molar refractivity (Wildman–Crippen MR) is 333 cm³/mol. The van der Waals surface area contributed by atoms with E-state index in [1.807, 2.05) is 0 Å². The molecule has 77 heavy (non-hydrogen) atoms. The second-order valence-electron chi connectivity index (χ2n) is 35.5. The van der Waals surface area contributed by atoms with Crippen LogP contribution in [-0.2, 0) is 17.7 Å². The molecule has 14 saturated carbocycles. The zero-order valence-electron chi connectivity index (χ0n) is 56.5. The van der Waals surface area contributed by atoms with Crippen LogP contribution >= 0.6 is 0 Å². The van der Waals surface area contributed by atoms with E-state index < -0.39 is 9.05 Å². The summed E-state index contributed by atoms with van der Waals surface area (Å²) in [6.07, 6.45) is 24.3. The van der Waals surface area contributed by atoms with Gasteiger partial charge in [-0.3, -0.25) is 0 Å². The van der Waals surface area contributed by atoms with Crippen LogP contribution in [0.2, 0.25) is 0 Å². The van der Waals surface area contributed by atoms with Crippen molar-refractivity contribution in [3.05, 3.63) is 34.4 Å². The third-order valence-electron chi connectivity index (χ3n) is 25.4. The van der Waals surface area contributed by atoms with Crippen LogP contribution in [0.3, 0.4) is 0 Å². The first-order valence-corrected chi connectivity index (χ1v) is 33.9. The zero-order valence-corrected chi connectivity index (χ0v) is 57.5. The minimum absolute atomic E-state index is 0.500. The van der Waals surface area contributed by atoms with Gasteiger partial charge in [0.15, 0.2) is 0 Å². The van der Waals surface area contributed by atoms with Crippen LogP contribution in [0.25, 0.3) is 0 Å². The van der Waals surface area contributed by atoms with Crippen molar-refractivity contribution in [1.29, 1.82) is 0 Å². The average molecular weight is 1090 g/mol. The third-order valence-corrected chi connectivity index (χ3v) is 27.4. The molecule has 13 unspecified atom stereocenters. The molecule has 14 aliphatic carbocycles. The summed E-state index contributed by atoms with van der Waals surface area (Å²) in [4.78, 5) is 0. The highest BCUT2D eigenvalue weighted by Gasteiger charge is 2.76. The van der Waals surface area contributed by atoms with Crippen LogP contribution in [0.4, 0.5) is 0 Å². The maximum atomic E-state index is 4.86. The number of hydrogen-bond donors (Lipinski definition) is 0. The van der Waals surface area contributed by atoms with Gasteiger partial charge in [-0.1, -0.05) is 151 Å². The monoisotopic (exact) mass is 1090 g/mol. The molecule has 4 nitrogen and oxygen atoms in total. The van der Waals surface area contributed by atoms with E-state index >= 15 is 0 Å². The smallest absolute Gasteiger partial charge is 0.355 e. The highest BCUT2D eigenvalue weighted by atomic mass is 28.4. The van der Waals surface area contributed by atoms with Crippen LogP contribution in [0, 0.1) is 153 Å². The molecule has 1 aromatic rings. The largest absolute Gasteiger partial charge is 0.678 e. The third kappa shape index (κ3) is 13.6. The van der Waals surface area contributed by atoms with Crippen molar-refractivity contribution in [2.45, 2.75) is 269 Å². The Hall–Kier alpha value is -0.723. The fourth-order valence-corrected chi connectivity index (χ4v) is 24.2. The van der Waals surface area contributed by atoms with Gasteiger partial charge in [-0.2, -0.15) is 0 Å². The first-order chi connectivity index (χ1) is 35.0. The van der Waals surface area contributed by atoms with Crippen molar-refractivity contribution in [2.75, 3.05) is 28.4 Å². The molecule has 0 amide bonds. The van der Waals surface area contributed by atoms with Crippen molar-refractivity contribution >= 4 is 9.05 Å². The predicted octanol–water partition coefficient (Wildman–Crippen LogP) is 20.9. The molecule has 0 radical (unpaired) electrons. The molecule has 0 aliphatic heterocycles. The fourth-order valence-electron chi connectivity index (χ4n) is 23.2. The molecule has 15 rings (SSSR count). The molecule has 0 saturated heterocycles. The van der Waals surface area contributed by atoms with Crippen molar-refractivity contribution in [1.82, 2.24) is 0 Å². The van der Waals surface area contributed by atoms with Gasteiger partial charge in [-0.15, -0.1) is 0 Å². The number of benzene rings is 1. The Labute approximate surface area is 481 Å². The highest BCUT2D eigenvalue weighted by molar-refractivity contribution is 6.53. The van der Waals surface area contributed by atoms with Crippen LogP contribution in [-0.4, -0.2) is 37.5 Å². The lowest BCUT2D eigenvalue weighted by molar-refractivity contribution is -0.324. The van der Waals surface area contributed by atoms with Crippen LogP contribution in [0.15, 0.2) is 12.1 Å². The fraction of sp³-hybridized carbons (Fsp3) is 0.917. The Balaban J connectivity index is 0.000000150. The number of aryl methyl sites for hydroxylation is 4. The van der Waals surface area contributed by atoms with Crippen molar-refractivity contribution in [2.24, 2.45) is 125 Å². The summed E-state index contributed by atoms with van der Waals surface area (Å²) in [7, 11) is 3.26. The van der Waals surface area contributed by atoms with Gasteiger partial charge in [0.1, 0.15) is 0 Å². The standard InChI is InChI=1S/C18H28.C14H24.C11H20.C10H20.C10H14.C5H12.C4H12O4Si/c1-15-5-11-13-7-16(2)8-14(17(13,3)9-15)12(6-15)18(11,4)10-16;1-11-5-12(2)8-13(3,6-11)10-14(4,7-11)9-12;1-7-6-11(4)8(2)5-10(7)9(11)3;2*1-7-5-9(3)10(4)6-8(7)2;1-5(2,3)4;1-5-9(6-2,7-3)8-4/h11-14H,5-10H2,1-4H3;5-10H2,1-4H3;7-10H,5-6H2,1-4H3;7-10H,5-6H2,1-4H3;5-6H,1-4H3;1-4H3;1-4H3. The van der Waals surface area contributed by atoms with Crippen molar-refractivity contribution in [3.63, 3.8) is 0 Å². The SMILES string of the molecule is CC(C)(C)C.CC12CC3(C)CC(C)(C1)CC(C)(C2)C3.CC12CC3C4CC5(C)CC(C(C1)C3(C)C5)C4(C)C2.CC1CC(C)C(C)CC1C.CC1CC2(C)C(C)CC1C2C.CO[Si](OC)(OC)OC.Cc1cc(C)c(C)cc1C. The number of hydrogen-bond acceptors (Lipinski definition) is 4. The lowest BCUT2D eigenvalue weighted by atomic mass is 9.23. The van der Waals surface area contributed by atoms with E-state index in [9.17, 15) is 0 Å². The normalized spacial score (nSPS) is 48.4. The Bertz CT molecular complexity index is 1880. The van der Waals surface area contributed by atoms with Gasteiger partial charge in [0.25, 0.3) is 0 Å². The summed E-state index contributed by atoms with van der Waals surface area (Å²) < 4.78 is 19.4. The van der Waals surface area contributed by atoms with Crippen LogP contribution in [0.1, 0.15) is 263 Å². The summed E-state index contributed by atoms with van der Waals surface area (Å²) in [5.41, 5.74) is 12.4. The van der Waals surface area contributed by atoms with E-state index in [1.165, 1.54) is 115 Å². The summed E-state index contributed by atoms with van der Waals surface area (Å²) in [5.74, 6) is 12.2. The molecule has 0 aromatic heterocycles. The molecule has 0 N–H and O–H groups in total. The van der Waals surface area contributed by atoms with Crippen LogP contribution < -0.4 is 0 Å². The lowest BCUT2D eigenvalue weighted by Gasteiger charge is -2.81. The number of fused-ring (bicyclic) bond motifs is 2. The molecule has 13 atom stereocenters. The summed E-state index contributed by atoms with van der Waals surface area (Å²) in [6.45, 7) is 57.7. The van der Waals surface area contributed by atoms with E-state index in [0.29, 0.717) is 32.5 Å². The molecule has 0 spiro atoms. The van der Waals surface area contributed by atoms with E-state index in [4.69, 9.17) is 17.7 Å². The topological polar surface area (TPSA) is 36.9 Å². The molecule has 446 valence electrons. The summed E-state index contributed by atoms with van der Waals surface area (Å²) in [6, 6.07) is 4.48. The van der Waals surface area contributed by atoms with E-state index in [1.54, 1.807) is 38.5 Å². The minimum atomic E-state index is -2.69. The van der Waals surface area contributed by atoms with Gasteiger partial charge in [-0.05, 0) is 278 Å². The van der Waals surface area contributed by atoms with E-state index in [0.717, 1.165) is 92.7 Å². The van der Waals surface area contributed by atoms with Gasteiger partial charge in [-0.25, -0.2) is 0 Å². The van der Waals surface area contributed by atoms with Gasteiger partial charge < -0.3 is 17.7 Å². The quantitative estimate of drug-likeness (QED) is 0.282. The molecule has 0 heterocycles. The van der Waals surface area contributed by atoms with Gasteiger partial charge in [0, 0.05) is 28.4 Å². The summed E-state index contributed by atoms with van der Waals surface area (Å²) in [5, 5.41) is 0. The lowest BCUT2D eigenvalue weighted by Crippen LogP contribution is -2.74. The number of rotatable bonds is 4. The molecule has 1 aromatic carbocycles. The Kier molecular flexibility index (Phi) is 19.3. The Morgan fingerprint density at radius 1 is 0.377 bits per heavy atom. The van der Waals surface area contributed by atoms with Crippen molar-refractivity contribution in [3.8, 4) is 0 Å². The van der Waals surface area contributed by atoms with Crippen LogP contribution in [0.5, 0.6) is 0 Å². The van der Waals surface area contributed by atoms with Gasteiger partial charge in [0.2, 0.25) is 0 Å². The minimum Gasteiger partial charge on any atom is -0.355 e. The Morgan fingerprint density at radius 2 is 0.636 bits per heavy atom.